The van der Waals surface area contributed by atoms with Crippen LogP contribution in [0.5, 0.6) is 0 Å². The van der Waals surface area contributed by atoms with Crippen LogP contribution in [0.25, 0.3) is 81.9 Å². The van der Waals surface area contributed by atoms with Gasteiger partial charge >= 0.3 is 0 Å². The van der Waals surface area contributed by atoms with Crippen molar-refractivity contribution in [2.24, 2.45) is 0 Å². The second-order valence-electron chi connectivity index (χ2n) is 10.8. The van der Waals surface area contributed by atoms with Gasteiger partial charge in [0.1, 0.15) is 5.65 Å². The van der Waals surface area contributed by atoms with E-state index in [9.17, 15) is 0 Å². The predicted molar refractivity (Wildman–Crippen MR) is 174 cm³/mol. The van der Waals surface area contributed by atoms with Gasteiger partial charge in [0.2, 0.25) is 0 Å². The Bertz CT molecular complexity index is 2450. The molecule has 0 N–H and O–H groups in total. The molecule has 0 aliphatic heterocycles. The van der Waals surface area contributed by atoms with Gasteiger partial charge in [-0.1, -0.05) is 115 Å². The highest BCUT2D eigenvalue weighted by Crippen LogP contribution is 2.44. The standard InChI is InChI=1S/C39H24N2/c1-3-13-27-25(11-1)31(20-21-32(27)37-24-41-22-10-9-19-38(41)40-37)35-23-36-29-15-4-2-12-26(29)28-14-5-7-17-33(28)39(36)34-18-8-6-16-30(34)35/h1-24H. The molecule has 0 unspecified atom stereocenters. The van der Waals surface area contributed by atoms with Crippen molar-refractivity contribution in [1.82, 2.24) is 9.38 Å². The van der Waals surface area contributed by atoms with Crippen LogP contribution in [-0.2, 0) is 0 Å². The lowest BCUT2D eigenvalue weighted by Crippen LogP contribution is -1.90. The van der Waals surface area contributed by atoms with Crippen molar-refractivity contribution in [3.05, 3.63) is 146 Å². The molecule has 0 amide bonds. The molecule has 0 atom stereocenters. The molecule has 0 aliphatic rings. The second kappa shape index (κ2) is 8.51. The van der Waals surface area contributed by atoms with Gasteiger partial charge < -0.3 is 4.40 Å². The highest BCUT2D eigenvalue weighted by atomic mass is 15.0. The molecule has 0 saturated carbocycles. The van der Waals surface area contributed by atoms with Crippen molar-refractivity contribution < 1.29 is 0 Å². The number of fused-ring (bicyclic) bond motifs is 10. The number of nitrogens with zero attached hydrogens (tertiary/aromatic N) is 2. The second-order valence-corrected chi connectivity index (χ2v) is 10.8. The fraction of sp³-hybridized carbons (Fsp3) is 0. The lowest BCUT2D eigenvalue weighted by molar-refractivity contribution is 1.19. The average Bonchev–Trinajstić information content (AvgIpc) is 3.48. The van der Waals surface area contributed by atoms with E-state index in [1.54, 1.807) is 0 Å². The Labute approximate surface area is 236 Å². The fourth-order valence-corrected chi connectivity index (χ4v) is 6.81. The van der Waals surface area contributed by atoms with Gasteiger partial charge in [-0.05, 0) is 83.2 Å². The van der Waals surface area contributed by atoms with Crippen molar-refractivity contribution >= 4 is 59.5 Å². The molecule has 190 valence electrons. The summed E-state index contributed by atoms with van der Waals surface area (Å²) in [5.74, 6) is 0. The maximum atomic E-state index is 4.95. The van der Waals surface area contributed by atoms with Gasteiger partial charge in [-0.25, -0.2) is 4.98 Å². The molecule has 2 nitrogen and oxygen atoms in total. The van der Waals surface area contributed by atoms with Crippen molar-refractivity contribution in [1.29, 1.82) is 0 Å². The first-order chi connectivity index (χ1) is 20.3. The zero-order chi connectivity index (χ0) is 26.9. The first kappa shape index (κ1) is 22.4. The van der Waals surface area contributed by atoms with Crippen molar-refractivity contribution in [2.45, 2.75) is 0 Å². The lowest BCUT2D eigenvalue weighted by atomic mass is 9.86. The minimum Gasteiger partial charge on any atom is -0.306 e. The summed E-state index contributed by atoms with van der Waals surface area (Å²) in [6, 6.07) is 48.4. The first-order valence-corrected chi connectivity index (χ1v) is 14.1. The van der Waals surface area contributed by atoms with Crippen molar-refractivity contribution in [3.63, 3.8) is 0 Å². The quantitative estimate of drug-likeness (QED) is 0.207. The summed E-state index contributed by atoms with van der Waals surface area (Å²) in [5, 5.41) is 12.8. The molecule has 0 bridgehead atoms. The first-order valence-electron chi connectivity index (χ1n) is 14.1. The van der Waals surface area contributed by atoms with E-state index in [-0.39, 0.29) is 0 Å². The predicted octanol–water partition coefficient (Wildman–Crippen LogP) is 10.4. The molecule has 2 aromatic heterocycles. The van der Waals surface area contributed by atoms with Crippen LogP contribution in [0.4, 0.5) is 0 Å². The summed E-state index contributed by atoms with van der Waals surface area (Å²) in [7, 11) is 0. The molecule has 9 rings (SSSR count). The van der Waals surface area contributed by atoms with E-state index in [1.807, 2.05) is 12.1 Å². The van der Waals surface area contributed by atoms with E-state index in [0.717, 1.165) is 16.9 Å². The molecule has 7 aromatic carbocycles. The molecule has 0 aliphatic carbocycles. The van der Waals surface area contributed by atoms with Crippen molar-refractivity contribution in [2.75, 3.05) is 0 Å². The van der Waals surface area contributed by atoms with Crippen molar-refractivity contribution in [3.8, 4) is 22.4 Å². The highest BCUT2D eigenvalue weighted by Gasteiger charge is 2.17. The lowest BCUT2D eigenvalue weighted by Gasteiger charge is -2.17. The van der Waals surface area contributed by atoms with Crippen LogP contribution in [0.2, 0.25) is 0 Å². The minimum atomic E-state index is 0.954. The highest BCUT2D eigenvalue weighted by molar-refractivity contribution is 6.33. The fourth-order valence-electron chi connectivity index (χ4n) is 6.81. The van der Waals surface area contributed by atoms with Gasteiger partial charge in [0, 0.05) is 18.0 Å². The van der Waals surface area contributed by atoms with Gasteiger partial charge in [-0.3, -0.25) is 0 Å². The third-order valence-electron chi connectivity index (χ3n) is 8.60. The van der Waals surface area contributed by atoms with E-state index in [1.165, 1.54) is 65.0 Å². The van der Waals surface area contributed by atoms with Crippen LogP contribution in [-0.4, -0.2) is 9.38 Å². The molecular weight excluding hydrogens is 496 g/mol. The van der Waals surface area contributed by atoms with Crippen LogP contribution in [0.15, 0.2) is 146 Å². The summed E-state index contributed by atoms with van der Waals surface area (Å²) >= 11 is 0. The summed E-state index contributed by atoms with van der Waals surface area (Å²) < 4.78 is 2.09. The molecule has 0 spiro atoms. The number of hydrogen-bond acceptors (Lipinski definition) is 1. The number of rotatable bonds is 2. The molecule has 9 aromatic rings. The van der Waals surface area contributed by atoms with Crippen LogP contribution < -0.4 is 0 Å². The monoisotopic (exact) mass is 520 g/mol. The van der Waals surface area contributed by atoms with Crippen LogP contribution >= 0.6 is 0 Å². The van der Waals surface area contributed by atoms with Crippen LogP contribution in [0.3, 0.4) is 0 Å². The molecule has 2 heterocycles. The number of pyridine rings is 1. The Balaban J connectivity index is 1.41. The van der Waals surface area contributed by atoms with E-state index in [0.29, 0.717) is 0 Å². The number of benzene rings is 7. The van der Waals surface area contributed by atoms with Gasteiger partial charge in [-0.15, -0.1) is 0 Å². The summed E-state index contributed by atoms with van der Waals surface area (Å²) in [6.45, 7) is 0. The topological polar surface area (TPSA) is 17.3 Å². The van der Waals surface area contributed by atoms with Gasteiger partial charge in [0.25, 0.3) is 0 Å². The van der Waals surface area contributed by atoms with Crippen LogP contribution in [0.1, 0.15) is 0 Å². The molecule has 0 fully saturated rings. The van der Waals surface area contributed by atoms with E-state index in [2.05, 4.69) is 138 Å². The van der Waals surface area contributed by atoms with Gasteiger partial charge in [-0.2, -0.15) is 0 Å². The Morgan fingerprint density at radius 1 is 0.390 bits per heavy atom. The number of hydrogen-bond donors (Lipinski definition) is 0. The summed E-state index contributed by atoms with van der Waals surface area (Å²) in [6.07, 6.45) is 4.18. The van der Waals surface area contributed by atoms with E-state index < -0.39 is 0 Å². The third kappa shape index (κ3) is 3.22. The Hall–Kier alpha value is -5.47. The normalized spacial score (nSPS) is 11.9. The van der Waals surface area contributed by atoms with Gasteiger partial charge in [0.15, 0.2) is 0 Å². The number of aromatic nitrogens is 2. The third-order valence-corrected chi connectivity index (χ3v) is 8.60. The Morgan fingerprint density at radius 3 is 1.56 bits per heavy atom. The van der Waals surface area contributed by atoms with E-state index in [4.69, 9.17) is 4.98 Å². The van der Waals surface area contributed by atoms with Gasteiger partial charge in [0.05, 0.1) is 5.69 Å². The maximum absolute atomic E-state index is 4.95. The smallest absolute Gasteiger partial charge is 0.137 e. The van der Waals surface area contributed by atoms with E-state index >= 15 is 0 Å². The average molecular weight is 521 g/mol. The molecule has 2 heteroatoms. The summed E-state index contributed by atoms with van der Waals surface area (Å²) in [5.41, 5.74) is 5.58. The zero-order valence-corrected chi connectivity index (χ0v) is 22.3. The maximum Gasteiger partial charge on any atom is 0.137 e. The largest absolute Gasteiger partial charge is 0.306 e. The Kier molecular flexibility index (Phi) is 4.64. The van der Waals surface area contributed by atoms with Crippen LogP contribution in [0, 0.1) is 0 Å². The molecule has 0 saturated heterocycles. The molecule has 0 radical (unpaired) electrons. The SMILES string of the molecule is c1ccc2c(-c3cc4c5ccccc5c5ccccc5c4c4ccccc34)ccc(-c3cn4ccccc4n3)c2c1. The molecular formula is C39H24N2. The Morgan fingerprint density at radius 2 is 0.878 bits per heavy atom. The zero-order valence-electron chi connectivity index (χ0n) is 22.3. The number of imidazole rings is 1. The molecule has 41 heavy (non-hydrogen) atoms. The summed E-state index contributed by atoms with van der Waals surface area (Å²) in [4.78, 5) is 4.95. The minimum absolute atomic E-state index is 0.954.